The number of hydrogen-bond donors (Lipinski definition) is 1. The zero-order valence-electron chi connectivity index (χ0n) is 12.4. The molecule has 0 spiro atoms. The van der Waals surface area contributed by atoms with E-state index in [1.807, 2.05) is 32.0 Å². The lowest BCUT2D eigenvalue weighted by Gasteiger charge is -2.26. The molecule has 0 aromatic heterocycles. The first kappa shape index (κ1) is 15.2. The van der Waals surface area contributed by atoms with E-state index in [2.05, 4.69) is 17.4 Å². The Morgan fingerprint density at radius 2 is 1.67 bits per heavy atom. The maximum Gasteiger partial charge on any atom is 0.251 e. The van der Waals surface area contributed by atoms with E-state index in [4.69, 9.17) is 0 Å². The first-order valence-electron chi connectivity index (χ1n) is 7.08. The van der Waals surface area contributed by atoms with E-state index in [0.717, 1.165) is 12.8 Å². The summed E-state index contributed by atoms with van der Waals surface area (Å²) < 4.78 is 12.9. The molecular formula is C18H20FNO. The predicted octanol–water partition coefficient (Wildman–Crippen LogP) is 3.97. The summed E-state index contributed by atoms with van der Waals surface area (Å²) in [6.07, 6.45) is 1.74. The maximum atomic E-state index is 12.9. The van der Waals surface area contributed by atoms with Crippen LogP contribution in [0.25, 0.3) is 0 Å². The molecule has 0 aliphatic heterocycles. The summed E-state index contributed by atoms with van der Waals surface area (Å²) >= 11 is 0. The fraction of sp³-hybridized carbons (Fsp3) is 0.278. The van der Waals surface area contributed by atoms with Crippen molar-refractivity contribution in [3.8, 4) is 0 Å². The summed E-state index contributed by atoms with van der Waals surface area (Å²) in [6, 6.07) is 15.8. The molecule has 21 heavy (non-hydrogen) atoms. The number of rotatable bonds is 5. The predicted molar refractivity (Wildman–Crippen MR) is 82.7 cm³/mol. The van der Waals surface area contributed by atoms with E-state index in [-0.39, 0.29) is 17.3 Å². The van der Waals surface area contributed by atoms with Gasteiger partial charge in [0.05, 0.1) is 0 Å². The van der Waals surface area contributed by atoms with Crippen molar-refractivity contribution in [3.63, 3.8) is 0 Å². The van der Waals surface area contributed by atoms with Crippen molar-refractivity contribution >= 4 is 5.91 Å². The Kier molecular flexibility index (Phi) is 4.73. The van der Waals surface area contributed by atoms with Crippen LogP contribution in [0, 0.1) is 5.82 Å². The van der Waals surface area contributed by atoms with E-state index < -0.39 is 0 Å². The molecule has 0 fully saturated rings. The highest BCUT2D eigenvalue weighted by molar-refractivity contribution is 5.94. The van der Waals surface area contributed by atoms with Gasteiger partial charge in [-0.25, -0.2) is 4.39 Å². The lowest BCUT2D eigenvalue weighted by molar-refractivity contribution is 0.0909. The Balaban J connectivity index is 1.93. The molecule has 1 N–H and O–H groups in total. The van der Waals surface area contributed by atoms with E-state index >= 15 is 0 Å². The first-order valence-corrected chi connectivity index (χ1v) is 7.08. The highest BCUT2D eigenvalue weighted by atomic mass is 19.1. The molecule has 0 saturated carbocycles. The maximum absolute atomic E-state index is 12.9. The molecule has 0 aliphatic carbocycles. The second-order valence-corrected chi connectivity index (χ2v) is 5.83. The van der Waals surface area contributed by atoms with Crippen LogP contribution in [0.3, 0.4) is 0 Å². The Bertz CT molecular complexity index is 590. The third kappa shape index (κ3) is 4.71. The molecule has 2 aromatic rings. The van der Waals surface area contributed by atoms with Crippen molar-refractivity contribution in [1.29, 1.82) is 0 Å². The van der Waals surface area contributed by atoms with Gasteiger partial charge in [0.2, 0.25) is 0 Å². The molecule has 3 heteroatoms. The van der Waals surface area contributed by atoms with Gasteiger partial charge in [-0.05, 0) is 56.5 Å². The van der Waals surface area contributed by atoms with Crippen LogP contribution >= 0.6 is 0 Å². The summed E-state index contributed by atoms with van der Waals surface area (Å²) in [5, 5.41) is 3.00. The Labute approximate surface area is 125 Å². The van der Waals surface area contributed by atoms with Gasteiger partial charge in [-0.2, -0.15) is 0 Å². The summed E-state index contributed by atoms with van der Waals surface area (Å²) in [5.41, 5.74) is 1.41. The minimum absolute atomic E-state index is 0.173. The van der Waals surface area contributed by atoms with Gasteiger partial charge < -0.3 is 5.32 Å². The van der Waals surface area contributed by atoms with Crippen LogP contribution in [0.2, 0.25) is 0 Å². The molecule has 0 aliphatic rings. The molecule has 1 amide bonds. The molecule has 0 unspecified atom stereocenters. The summed E-state index contributed by atoms with van der Waals surface area (Å²) in [6.45, 7) is 3.99. The van der Waals surface area contributed by atoms with Gasteiger partial charge in [0, 0.05) is 11.1 Å². The van der Waals surface area contributed by atoms with Gasteiger partial charge in [-0.15, -0.1) is 0 Å². The lowest BCUT2D eigenvalue weighted by atomic mass is 9.95. The van der Waals surface area contributed by atoms with Gasteiger partial charge in [-0.1, -0.05) is 30.3 Å². The molecule has 110 valence electrons. The molecule has 2 rings (SSSR count). The number of nitrogens with one attached hydrogen (secondary N) is 1. The van der Waals surface area contributed by atoms with Crippen molar-refractivity contribution in [2.75, 3.05) is 0 Å². The van der Waals surface area contributed by atoms with Crippen LogP contribution in [-0.2, 0) is 6.42 Å². The number of aryl methyl sites for hydroxylation is 1. The summed E-state index contributed by atoms with van der Waals surface area (Å²) in [7, 11) is 0. The van der Waals surface area contributed by atoms with Crippen molar-refractivity contribution in [2.45, 2.75) is 32.2 Å². The van der Waals surface area contributed by atoms with Crippen LogP contribution in [0.5, 0.6) is 0 Å². The average molecular weight is 285 g/mol. The number of amides is 1. The zero-order valence-corrected chi connectivity index (χ0v) is 12.4. The minimum atomic E-state index is -0.338. The Morgan fingerprint density at radius 3 is 2.29 bits per heavy atom. The average Bonchev–Trinajstić information content (AvgIpc) is 2.46. The molecule has 2 aromatic carbocycles. The SMILES string of the molecule is CC(C)(CCc1ccccc1)NC(=O)c1ccc(F)cc1. The highest BCUT2D eigenvalue weighted by Gasteiger charge is 2.21. The standard InChI is InChI=1S/C18H20FNO/c1-18(2,13-12-14-6-4-3-5-7-14)20-17(21)15-8-10-16(19)11-9-15/h3-11H,12-13H2,1-2H3,(H,20,21). The van der Waals surface area contributed by atoms with Crippen molar-refractivity contribution in [1.82, 2.24) is 5.32 Å². The summed E-state index contributed by atoms with van der Waals surface area (Å²) in [4.78, 5) is 12.1. The smallest absolute Gasteiger partial charge is 0.251 e. The number of carbonyl (C=O) groups is 1. The second kappa shape index (κ2) is 6.53. The summed E-state index contributed by atoms with van der Waals surface area (Å²) in [5.74, 6) is -0.511. The molecule has 0 saturated heterocycles. The molecule has 2 nitrogen and oxygen atoms in total. The largest absolute Gasteiger partial charge is 0.347 e. The van der Waals surface area contributed by atoms with Gasteiger partial charge in [0.1, 0.15) is 5.82 Å². The highest BCUT2D eigenvalue weighted by Crippen LogP contribution is 2.15. The second-order valence-electron chi connectivity index (χ2n) is 5.83. The van der Waals surface area contributed by atoms with Crippen molar-refractivity contribution in [2.24, 2.45) is 0 Å². The van der Waals surface area contributed by atoms with Gasteiger partial charge in [0.15, 0.2) is 0 Å². The third-order valence-electron chi connectivity index (χ3n) is 3.44. The van der Waals surface area contributed by atoms with Crippen LogP contribution in [-0.4, -0.2) is 11.4 Å². The monoisotopic (exact) mass is 285 g/mol. The quantitative estimate of drug-likeness (QED) is 0.885. The zero-order chi connectivity index (χ0) is 15.3. The van der Waals surface area contributed by atoms with Gasteiger partial charge in [0.25, 0.3) is 5.91 Å². The van der Waals surface area contributed by atoms with Crippen LogP contribution in [0.1, 0.15) is 36.2 Å². The first-order chi connectivity index (χ1) is 9.96. The van der Waals surface area contributed by atoms with Gasteiger partial charge >= 0.3 is 0 Å². The van der Waals surface area contributed by atoms with E-state index in [9.17, 15) is 9.18 Å². The fourth-order valence-electron chi connectivity index (χ4n) is 2.14. The minimum Gasteiger partial charge on any atom is -0.347 e. The topological polar surface area (TPSA) is 29.1 Å². The fourth-order valence-corrected chi connectivity index (χ4v) is 2.14. The van der Waals surface area contributed by atoms with Crippen LogP contribution in [0.4, 0.5) is 4.39 Å². The number of benzene rings is 2. The van der Waals surface area contributed by atoms with Crippen molar-refractivity contribution < 1.29 is 9.18 Å². The van der Waals surface area contributed by atoms with Gasteiger partial charge in [-0.3, -0.25) is 4.79 Å². The Morgan fingerprint density at radius 1 is 1.05 bits per heavy atom. The third-order valence-corrected chi connectivity index (χ3v) is 3.44. The molecule has 0 bridgehead atoms. The molecule has 0 heterocycles. The number of hydrogen-bond acceptors (Lipinski definition) is 1. The van der Waals surface area contributed by atoms with Crippen LogP contribution < -0.4 is 5.32 Å². The van der Waals surface area contributed by atoms with E-state index in [0.29, 0.717) is 5.56 Å². The normalized spacial score (nSPS) is 11.2. The lowest BCUT2D eigenvalue weighted by Crippen LogP contribution is -2.43. The number of carbonyl (C=O) groups excluding carboxylic acids is 1. The molecular weight excluding hydrogens is 265 g/mol. The molecule has 0 radical (unpaired) electrons. The van der Waals surface area contributed by atoms with E-state index in [1.54, 1.807) is 0 Å². The Hall–Kier alpha value is -2.16. The molecule has 0 atom stereocenters. The van der Waals surface area contributed by atoms with Crippen molar-refractivity contribution in [3.05, 3.63) is 71.5 Å². The number of halogens is 1. The van der Waals surface area contributed by atoms with Crippen LogP contribution in [0.15, 0.2) is 54.6 Å². The van der Waals surface area contributed by atoms with E-state index in [1.165, 1.54) is 29.8 Å².